The molecule has 1 aromatic carbocycles. The largest absolute Gasteiger partial charge is 0.497 e. The Labute approximate surface area is 89.0 Å². The minimum Gasteiger partial charge on any atom is -0.497 e. The van der Waals surface area contributed by atoms with Crippen LogP contribution in [0.2, 0.25) is 0 Å². The molecule has 0 aliphatic heterocycles. The molecule has 0 bridgehead atoms. The van der Waals surface area contributed by atoms with Crippen molar-refractivity contribution in [3.05, 3.63) is 23.8 Å². The van der Waals surface area contributed by atoms with Crippen LogP contribution >= 0.6 is 0 Å². The minimum atomic E-state index is -3.32. The van der Waals surface area contributed by atoms with Gasteiger partial charge in [0, 0.05) is 6.26 Å². The van der Waals surface area contributed by atoms with Crippen LogP contribution in [-0.4, -0.2) is 21.8 Å². The SMILES string of the molecule is COc1ccc(CC#N)c(S(C)(=O)=O)c1. The Hall–Kier alpha value is -1.54. The average molecular weight is 225 g/mol. The van der Waals surface area contributed by atoms with Crippen LogP contribution in [0.1, 0.15) is 5.56 Å². The van der Waals surface area contributed by atoms with E-state index in [1.54, 1.807) is 12.1 Å². The summed E-state index contributed by atoms with van der Waals surface area (Å²) in [6.45, 7) is 0. The number of rotatable bonds is 3. The lowest BCUT2D eigenvalue weighted by Crippen LogP contribution is -2.02. The first-order valence-electron chi connectivity index (χ1n) is 4.23. The summed E-state index contributed by atoms with van der Waals surface area (Å²) in [4.78, 5) is 0.156. The van der Waals surface area contributed by atoms with Crippen molar-refractivity contribution in [2.75, 3.05) is 13.4 Å². The third-order valence-electron chi connectivity index (χ3n) is 1.94. The third kappa shape index (κ3) is 2.70. The summed E-state index contributed by atoms with van der Waals surface area (Å²) in [5.41, 5.74) is 0.501. The number of nitriles is 1. The second-order valence-corrected chi connectivity index (χ2v) is 5.06. The molecule has 4 nitrogen and oxygen atoms in total. The number of ether oxygens (including phenoxy) is 1. The van der Waals surface area contributed by atoms with E-state index in [1.807, 2.05) is 6.07 Å². The van der Waals surface area contributed by atoms with E-state index in [-0.39, 0.29) is 11.3 Å². The van der Waals surface area contributed by atoms with E-state index in [0.717, 1.165) is 6.26 Å². The van der Waals surface area contributed by atoms with Gasteiger partial charge in [0.15, 0.2) is 9.84 Å². The Bertz CT molecular complexity index is 500. The van der Waals surface area contributed by atoms with Gasteiger partial charge in [0.05, 0.1) is 24.5 Å². The van der Waals surface area contributed by atoms with Crippen LogP contribution in [0.4, 0.5) is 0 Å². The molecular formula is C10H11NO3S. The molecule has 0 unspecified atom stereocenters. The fourth-order valence-electron chi connectivity index (χ4n) is 1.24. The molecule has 0 aromatic heterocycles. The third-order valence-corrected chi connectivity index (χ3v) is 3.12. The van der Waals surface area contributed by atoms with Crippen LogP contribution < -0.4 is 4.74 Å². The summed E-state index contributed by atoms with van der Waals surface area (Å²) < 4.78 is 27.8. The fraction of sp³-hybridized carbons (Fsp3) is 0.300. The Morgan fingerprint density at radius 1 is 1.47 bits per heavy atom. The molecule has 0 radical (unpaired) electrons. The molecule has 0 saturated carbocycles. The zero-order chi connectivity index (χ0) is 11.5. The molecule has 5 heteroatoms. The Morgan fingerprint density at radius 3 is 2.60 bits per heavy atom. The summed E-state index contributed by atoms with van der Waals surface area (Å²) in [5.74, 6) is 0.470. The Morgan fingerprint density at radius 2 is 2.13 bits per heavy atom. The minimum absolute atomic E-state index is 0.0758. The van der Waals surface area contributed by atoms with Crippen LogP contribution in [0.15, 0.2) is 23.1 Å². The number of hydrogen-bond acceptors (Lipinski definition) is 4. The first kappa shape index (κ1) is 11.5. The summed E-state index contributed by atoms with van der Waals surface area (Å²) >= 11 is 0. The second kappa shape index (κ2) is 4.32. The first-order valence-corrected chi connectivity index (χ1v) is 6.12. The standard InChI is InChI=1S/C10H11NO3S/c1-14-9-4-3-8(5-6-11)10(7-9)15(2,12)13/h3-4,7H,5H2,1-2H3. The van der Waals surface area contributed by atoms with Crippen molar-refractivity contribution in [3.63, 3.8) is 0 Å². The van der Waals surface area contributed by atoms with E-state index in [0.29, 0.717) is 11.3 Å². The van der Waals surface area contributed by atoms with E-state index in [2.05, 4.69) is 0 Å². The number of nitrogens with zero attached hydrogens (tertiary/aromatic N) is 1. The summed E-state index contributed by atoms with van der Waals surface area (Å²) in [7, 11) is -1.86. The number of methoxy groups -OCH3 is 1. The van der Waals surface area contributed by atoms with Crippen molar-refractivity contribution >= 4 is 9.84 Å². The molecule has 0 aliphatic rings. The maximum Gasteiger partial charge on any atom is 0.175 e. The van der Waals surface area contributed by atoms with Crippen molar-refractivity contribution in [3.8, 4) is 11.8 Å². The molecule has 15 heavy (non-hydrogen) atoms. The smallest absolute Gasteiger partial charge is 0.175 e. The van der Waals surface area contributed by atoms with E-state index >= 15 is 0 Å². The van der Waals surface area contributed by atoms with Gasteiger partial charge in [0.2, 0.25) is 0 Å². The van der Waals surface area contributed by atoms with E-state index in [4.69, 9.17) is 10.00 Å². The lowest BCUT2D eigenvalue weighted by atomic mass is 10.1. The van der Waals surface area contributed by atoms with Crippen LogP contribution in [0.3, 0.4) is 0 Å². The molecule has 1 aromatic rings. The van der Waals surface area contributed by atoms with E-state index in [9.17, 15) is 8.42 Å². The molecule has 0 amide bonds. The van der Waals surface area contributed by atoms with Crippen LogP contribution in [-0.2, 0) is 16.3 Å². The van der Waals surface area contributed by atoms with Crippen molar-refractivity contribution in [1.82, 2.24) is 0 Å². The summed E-state index contributed by atoms with van der Waals surface area (Å²) in [6.07, 6.45) is 1.19. The first-order chi connectivity index (χ1) is 6.99. The highest BCUT2D eigenvalue weighted by Crippen LogP contribution is 2.22. The van der Waals surface area contributed by atoms with Gasteiger partial charge in [-0.3, -0.25) is 0 Å². The molecule has 80 valence electrons. The van der Waals surface area contributed by atoms with Gasteiger partial charge >= 0.3 is 0 Å². The maximum absolute atomic E-state index is 11.4. The van der Waals surface area contributed by atoms with Gasteiger partial charge < -0.3 is 4.74 Å². The highest BCUT2D eigenvalue weighted by Gasteiger charge is 2.14. The molecule has 0 spiro atoms. The highest BCUT2D eigenvalue weighted by molar-refractivity contribution is 7.90. The van der Waals surface area contributed by atoms with Crippen LogP contribution in [0.25, 0.3) is 0 Å². The molecule has 0 aliphatic carbocycles. The normalized spacial score (nSPS) is 10.7. The van der Waals surface area contributed by atoms with Crippen molar-refractivity contribution in [2.24, 2.45) is 0 Å². The van der Waals surface area contributed by atoms with Crippen molar-refractivity contribution < 1.29 is 13.2 Å². The van der Waals surface area contributed by atoms with Gasteiger partial charge in [-0.05, 0) is 17.7 Å². The molecule has 0 saturated heterocycles. The van der Waals surface area contributed by atoms with Crippen molar-refractivity contribution in [1.29, 1.82) is 5.26 Å². The average Bonchev–Trinajstić information content (AvgIpc) is 2.17. The van der Waals surface area contributed by atoms with Crippen LogP contribution in [0, 0.1) is 11.3 Å². The van der Waals surface area contributed by atoms with Crippen LogP contribution in [0.5, 0.6) is 5.75 Å². The van der Waals surface area contributed by atoms with E-state index < -0.39 is 9.84 Å². The predicted molar refractivity (Wildman–Crippen MR) is 55.4 cm³/mol. The quantitative estimate of drug-likeness (QED) is 0.774. The highest BCUT2D eigenvalue weighted by atomic mass is 32.2. The molecule has 0 N–H and O–H groups in total. The van der Waals surface area contributed by atoms with Gasteiger partial charge in [-0.15, -0.1) is 0 Å². The maximum atomic E-state index is 11.4. The van der Waals surface area contributed by atoms with E-state index in [1.165, 1.54) is 13.2 Å². The summed E-state index contributed by atoms with van der Waals surface area (Å²) in [6, 6.07) is 6.60. The molecule has 0 fully saturated rings. The lowest BCUT2D eigenvalue weighted by molar-refractivity contribution is 0.413. The molecule has 1 rings (SSSR count). The van der Waals surface area contributed by atoms with Gasteiger partial charge in [-0.1, -0.05) is 6.07 Å². The number of benzene rings is 1. The number of hydrogen-bond donors (Lipinski definition) is 0. The number of sulfone groups is 1. The Kier molecular flexibility index (Phi) is 3.32. The summed E-state index contributed by atoms with van der Waals surface area (Å²) in [5, 5.41) is 8.56. The second-order valence-electron chi connectivity index (χ2n) is 3.08. The van der Waals surface area contributed by atoms with Gasteiger partial charge in [-0.25, -0.2) is 8.42 Å². The molecular weight excluding hydrogens is 214 g/mol. The predicted octanol–water partition coefficient (Wildman–Crippen LogP) is 1.16. The van der Waals surface area contributed by atoms with Gasteiger partial charge in [0.1, 0.15) is 5.75 Å². The monoisotopic (exact) mass is 225 g/mol. The van der Waals surface area contributed by atoms with Crippen molar-refractivity contribution in [2.45, 2.75) is 11.3 Å². The molecule has 0 heterocycles. The van der Waals surface area contributed by atoms with Gasteiger partial charge in [0.25, 0.3) is 0 Å². The zero-order valence-corrected chi connectivity index (χ0v) is 9.34. The molecule has 0 atom stereocenters. The topological polar surface area (TPSA) is 67.2 Å². The lowest BCUT2D eigenvalue weighted by Gasteiger charge is -2.07. The zero-order valence-electron chi connectivity index (χ0n) is 8.52. The Balaban J connectivity index is 3.37. The fourth-order valence-corrected chi connectivity index (χ4v) is 2.18. The van der Waals surface area contributed by atoms with Gasteiger partial charge in [-0.2, -0.15) is 5.26 Å².